The van der Waals surface area contributed by atoms with E-state index in [1.54, 1.807) is 7.11 Å². The van der Waals surface area contributed by atoms with Crippen molar-refractivity contribution < 1.29 is 14.6 Å². The van der Waals surface area contributed by atoms with Crippen LogP contribution in [0.1, 0.15) is 19.8 Å². The minimum atomic E-state index is -0.238. The highest BCUT2D eigenvalue weighted by atomic mass is 16.6. The normalized spacial score (nSPS) is 63.5. The molecule has 1 heterocycles. The Morgan fingerprint density at radius 2 is 2.31 bits per heavy atom. The first kappa shape index (κ1) is 8.21. The number of methoxy groups -OCH3 is 1. The summed E-state index contributed by atoms with van der Waals surface area (Å²) in [5.74, 6) is 0.854. The lowest BCUT2D eigenvalue weighted by Crippen LogP contribution is -2.45. The molecule has 1 aliphatic heterocycles. The van der Waals surface area contributed by atoms with E-state index in [2.05, 4.69) is 6.92 Å². The summed E-state index contributed by atoms with van der Waals surface area (Å²) in [4.78, 5) is 0. The molecule has 2 saturated carbocycles. The van der Waals surface area contributed by atoms with Crippen molar-refractivity contribution in [2.24, 2.45) is 11.8 Å². The third-order valence-corrected chi connectivity index (χ3v) is 4.41. The Morgan fingerprint density at radius 1 is 1.54 bits per heavy atom. The average molecular weight is 184 g/mol. The minimum Gasteiger partial charge on any atom is -0.390 e. The van der Waals surface area contributed by atoms with Crippen molar-refractivity contribution in [1.82, 2.24) is 0 Å². The standard InChI is InChI=1S/C10H16O3/c1-5-10(12-2)4-6-3-7(10)9(13-5)8(6)11/h5-9,11H,3-4H2,1-2H3. The van der Waals surface area contributed by atoms with Crippen molar-refractivity contribution in [3.05, 3.63) is 0 Å². The topological polar surface area (TPSA) is 38.7 Å². The summed E-state index contributed by atoms with van der Waals surface area (Å²) in [5.41, 5.74) is -0.0748. The summed E-state index contributed by atoms with van der Waals surface area (Å²) < 4.78 is 11.4. The molecule has 3 fully saturated rings. The molecule has 0 aromatic carbocycles. The molecule has 3 rings (SSSR count). The zero-order valence-electron chi connectivity index (χ0n) is 8.06. The van der Waals surface area contributed by atoms with Crippen LogP contribution in [0.3, 0.4) is 0 Å². The van der Waals surface area contributed by atoms with Crippen LogP contribution < -0.4 is 0 Å². The third kappa shape index (κ3) is 0.729. The van der Waals surface area contributed by atoms with Crippen molar-refractivity contribution in [1.29, 1.82) is 0 Å². The van der Waals surface area contributed by atoms with Crippen molar-refractivity contribution in [3.8, 4) is 0 Å². The Labute approximate surface area is 78.0 Å². The van der Waals surface area contributed by atoms with Gasteiger partial charge in [-0.1, -0.05) is 0 Å². The predicted molar refractivity (Wildman–Crippen MR) is 46.3 cm³/mol. The lowest BCUT2D eigenvalue weighted by atomic mass is 9.81. The van der Waals surface area contributed by atoms with Crippen LogP contribution >= 0.6 is 0 Å². The van der Waals surface area contributed by atoms with Gasteiger partial charge in [0.2, 0.25) is 0 Å². The number of fused-ring (bicyclic) bond motifs is 1. The molecule has 74 valence electrons. The lowest BCUT2D eigenvalue weighted by molar-refractivity contribution is -0.0680. The van der Waals surface area contributed by atoms with Gasteiger partial charge in [0, 0.05) is 13.0 Å². The van der Waals surface area contributed by atoms with E-state index in [1.165, 1.54) is 0 Å². The van der Waals surface area contributed by atoms with E-state index in [1.807, 2.05) is 0 Å². The zero-order valence-corrected chi connectivity index (χ0v) is 8.06. The summed E-state index contributed by atoms with van der Waals surface area (Å²) in [6.07, 6.45) is 2.03. The number of aliphatic hydroxyl groups excluding tert-OH is 1. The molecule has 2 aliphatic carbocycles. The second kappa shape index (κ2) is 2.27. The molecule has 1 saturated heterocycles. The van der Waals surface area contributed by atoms with Gasteiger partial charge in [0.25, 0.3) is 0 Å². The molecule has 0 amide bonds. The smallest absolute Gasteiger partial charge is 0.0993 e. The van der Waals surface area contributed by atoms with Crippen LogP contribution in [0.15, 0.2) is 0 Å². The number of ether oxygens (including phenoxy) is 2. The molecule has 0 aromatic rings. The van der Waals surface area contributed by atoms with E-state index in [4.69, 9.17) is 9.47 Å². The largest absolute Gasteiger partial charge is 0.390 e. The zero-order chi connectivity index (χ0) is 9.22. The van der Waals surface area contributed by atoms with Gasteiger partial charge < -0.3 is 14.6 Å². The van der Waals surface area contributed by atoms with Gasteiger partial charge in [-0.05, 0) is 25.7 Å². The van der Waals surface area contributed by atoms with Crippen molar-refractivity contribution >= 4 is 0 Å². The van der Waals surface area contributed by atoms with E-state index >= 15 is 0 Å². The molecule has 0 aromatic heterocycles. The van der Waals surface area contributed by atoms with E-state index in [-0.39, 0.29) is 23.9 Å². The average Bonchev–Trinajstić information content (AvgIpc) is 2.68. The van der Waals surface area contributed by atoms with Gasteiger partial charge in [-0.15, -0.1) is 0 Å². The summed E-state index contributed by atoms with van der Waals surface area (Å²) in [5, 5.41) is 9.85. The lowest BCUT2D eigenvalue weighted by Gasteiger charge is -2.33. The van der Waals surface area contributed by atoms with E-state index in [9.17, 15) is 5.11 Å². The van der Waals surface area contributed by atoms with Crippen LogP contribution in [0.4, 0.5) is 0 Å². The number of hydrogen-bond acceptors (Lipinski definition) is 3. The van der Waals surface area contributed by atoms with Crippen molar-refractivity contribution in [2.45, 2.75) is 43.7 Å². The maximum atomic E-state index is 9.85. The quantitative estimate of drug-likeness (QED) is 0.647. The van der Waals surface area contributed by atoms with Crippen molar-refractivity contribution in [3.63, 3.8) is 0 Å². The summed E-state index contributed by atoms with van der Waals surface area (Å²) in [6, 6.07) is 0. The number of hydrogen-bond donors (Lipinski definition) is 1. The Bertz CT molecular complexity index is 242. The highest BCUT2D eigenvalue weighted by Crippen LogP contribution is 2.59. The van der Waals surface area contributed by atoms with Crippen LogP contribution in [0, 0.1) is 11.8 Å². The first-order chi connectivity index (χ1) is 6.19. The predicted octanol–water partition coefficient (Wildman–Crippen LogP) is 0.560. The molecule has 6 atom stereocenters. The Kier molecular flexibility index (Phi) is 1.43. The summed E-state index contributed by atoms with van der Waals surface area (Å²) >= 11 is 0. The van der Waals surface area contributed by atoms with Crippen LogP contribution in [-0.4, -0.2) is 36.1 Å². The number of rotatable bonds is 1. The first-order valence-electron chi connectivity index (χ1n) is 5.07. The van der Waals surface area contributed by atoms with Gasteiger partial charge in [-0.2, -0.15) is 0 Å². The molecule has 3 aliphatic rings. The molecule has 1 N–H and O–H groups in total. The Balaban J connectivity index is 2.01. The number of aliphatic hydroxyl groups is 1. The summed E-state index contributed by atoms with van der Waals surface area (Å²) in [6.45, 7) is 2.07. The van der Waals surface area contributed by atoms with Gasteiger partial charge in [0.1, 0.15) is 0 Å². The van der Waals surface area contributed by atoms with Gasteiger partial charge in [-0.25, -0.2) is 0 Å². The maximum Gasteiger partial charge on any atom is 0.0993 e. The Morgan fingerprint density at radius 3 is 2.92 bits per heavy atom. The fraction of sp³-hybridized carbons (Fsp3) is 1.00. The first-order valence-corrected chi connectivity index (χ1v) is 5.07. The molecule has 13 heavy (non-hydrogen) atoms. The molecule has 0 radical (unpaired) electrons. The molecule has 6 unspecified atom stereocenters. The van der Waals surface area contributed by atoms with Crippen LogP contribution in [0.25, 0.3) is 0 Å². The minimum absolute atomic E-state index is 0.0497. The second-order valence-corrected chi connectivity index (χ2v) is 4.70. The summed E-state index contributed by atoms with van der Waals surface area (Å²) in [7, 11) is 1.77. The molecular weight excluding hydrogens is 168 g/mol. The van der Waals surface area contributed by atoms with E-state index < -0.39 is 0 Å². The highest BCUT2D eigenvalue weighted by molar-refractivity contribution is 5.17. The molecule has 3 heteroatoms. The van der Waals surface area contributed by atoms with Gasteiger partial charge in [0.05, 0.1) is 23.9 Å². The van der Waals surface area contributed by atoms with Gasteiger partial charge in [0.15, 0.2) is 0 Å². The van der Waals surface area contributed by atoms with E-state index in [0.29, 0.717) is 11.8 Å². The van der Waals surface area contributed by atoms with E-state index in [0.717, 1.165) is 12.8 Å². The molecular formula is C10H16O3. The van der Waals surface area contributed by atoms with Gasteiger partial charge in [-0.3, -0.25) is 0 Å². The van der Waals surface area contributed by atoms with Crippen LogP contribution in [0.5, 0.6) is 0 Å². The molecule has 3 nitrogen and oxygen atoms in total. The van der Waals surface area contributed by atoms with Crippen LogP contribution in [0.2, 0.25) is 0 Å². The molecule has 2 bridgehead atoms. The Hall–Kier alpha value is -0.120. The monoisotopic (exact) mass is 184 g/mol. The maximum absolute atomic E-state index is 9.85. The third-order valence-electron chi connectivity index (χ3n) is 4.41. The SMILES string of the molecule is COC12CC3CC1C(OC2C)C3O. The fourth-order valence-electron chi connectivity index (χ4n) is 3.74. The fourth-order valence-corrected chi connectivity index (χ4v) is 3.74. The second-order valence-electron chi connectivity index (χ2n) is 4.70. The van der Waals surface area contributed by atoms with Crippen LogP contribution in [-0.2, 0) is 9.47 Å². The highest BCUT2D eigenvalue weighted by Gasteiger charge is 2.68. The molecule has 0 spiro atoms. The van der Waals surface area contributed by atoms with Crippen molar-refractivity contribution in [2.75, 3.05) is 7.11 Å². The van der Waals surface area contributed by atoms with Gasteiger partial charge >= 0.3 is 0 Å².